The van der Waals surface area contributed by atoms with Crippen molar-refractivity contribution < 1.29 is 13.2 Å². The molecule has 21 heavy (non-hydrogen) atoms. The Labute approximate surface area is 125 Å². The molecule has 0 aliphatic carbocycles. The van der Waals surface area contributed by atoms with Gasteiger partial charge >= 0.3 is 0 Å². The highest BCUT2D eigenvalue weighted by Gasteiger charge is 2.26. The van der Waals surface area contributed by atoms with E-state index < -0.39 is 9.84 Å². The fourth-order valence-corrected chi connectivity index (χ4v) is 3.69. The van der Waals surface area contributed by atoms with Gasteiger partial charge in [0.1, 0.15) is 0 Å². The van der Waals surface area contributed by atoms with Gasteiger partial charge in [0, 0.05) is 19.0 Å². The lowest BCUT2D eigenvalue weighted by atomic mass is 9.99. The van der Waals surface area contributed by atoms with Crippen molar-refractivity contribution in [2.75, 3.05) is 18.8 Å². The van der Waals surface area contributed by atoms with Gasteiger partial charge in [-0.1, -0.05) is 6.92 Å². The van der Waals surface area contributed by atoms with Crippen LogP contribution in [-0.2, 0) is 14.6 Å². The zero-order valence-electron chi connectivity index (χ0n) is 11.9. The Kier molecular flexibility index (Phi) is 4.63. The van der Waals surface area contributed by atoms with Gasteiger partial charge in [-0.15, -0.1) is 0 Å². The molecule has 2 rings (SSSR count). The molecule has 0 spiro atoms. The van der Waals surface area contributed by atoms with E-state index in [1.165, 1.54) is 24.3 Å². The van der Waals surface area contributed by atoms with Crippen LogP contribution in [0.15, 0.2) is 29.2 Å². The standard InChI is InChI=1S/C15H18N2O3S/c1-12-3-2-8-17(15(12)18)9-10-21(19,20)14-6-4-13(11-16)5-7-14/h4-7,12H,2-3,8-10H2,1H3. The molecule has 1 saturated heterocycles. The largest absolute Gasteiger partial charge is 0.341 e. The molecule has 0 N–H and O–H groups in total. The molecule has 0 aromatic heterocycles. The summed E-state index contributed by atoms with van der Waals surface area (Å²) in [5.74, 6) is -0.0650. The van der Waals surface area contributed by atoms with Crippen LogP contribution in [-0.4, -0.2) is 38.1 Å². The second-order valence-electron chi connectivity index (χ2n) is 5.32. The van der Waals surface area contributed by atoms with E-state index in [4.69, 9.17) is 5.26 Å². The van der Waals surface area contributed by atoms with Crippen molar-refractivity contribution in [1.82, 2.24) is 4.90 Å². The molecular weight excluding hydrogens is 288 g/mol. The molecule has 5 nitrogen and oxygen atoms in total. The smallest absolute Gasteiger partial charge is 0.225 e. The van der Waals surface area contributed by atoms with E-state index >= 15 is 0 Å². The quantitative estimate of drug-likeness (QED) is 0.846. The summed E-state index contributed by atoms with van der Waals surface area (Å²) in [7, 11) is -3.43. The van der Waals surface area contributed by atoms with Gasteiger partial charge in [0.05, 0.1) is 22.3 Å². The van der Waals surface area contributed by atoms with Crippen LogP contribution in [0.3, 0.4) is 0 Å². The monoisotopic (exact) mass is 306 g/mol. The van der Waals surface area contributed by atoms with Crippen LogP contribution in [0.2, 0.25) is 0 Å². The molecule has 6 heteroatoms. The third-order valence-corrected chi connectivity index (χ3v) is 5.48. The normalized spacial score (nSPS) is 19.3. The third kappa shape index (κ3) is 3.61. The van der Waals surface area contributed by atoms with Gasteiger partial charge in [0.25, 0.3) is 0 Å². The van der Waals surface area contributed by atoms with Crippen LogP contribution in [0.5, 0.6) is 0 Å². The fourth-order valence-electron chi connectivity index (χ4n) is 2.44. The molecule has 1 amide bonds. The van der Waals surface area contributed by atoms with Crippen LogP contribution in [0.4, 0.5) is 0 Å². The van der Waals surface area contributed by atoms with Crippen molar-refractivity contribution in [3.05, 3.63) is 29.8 Å². The SMILES string of the molecule is CC1CCCN(CCS(=O)(=O)c2ccc(C#N)cc2)C1=O. The van der Waals surface area contributed by atoms with Gasteiger partial charge in [-0.3, -0.25) is 4.79 Å². The van der Waals surface area contributed by atoms with Crippen molar-refractivity contribution in [3.8, 4) is 6.07 Å². The Balaban J connectivity index is 2.04. The Morgan fingerprint density at radius 3 is 2.62 bits per heavy atom. The first-order valence-electron chi connectivity index (χ1n) is 6.96. The van der Waals surface area contributed by atoms with Gasteiger partial charge in [0.2, 0.25) is 5.91 Å². The first-order valence-corrected chi connectivity index (χ1v) is 8.61. The van der Waals surface area contributed by atoms with E-state index in [1.807, 2.05) is 13.0 Å². The fraction of sp³-hybridized carbons (Fsp3) is 0.467. The average Bonchev–Trinajstić information content (AvgIpc) is 2.49. The summed E-state index contributed by atoms with van der Waals surface area (Å²) in [6, 6.07) is 7.80. The molecular formula is C15H18N2O3S. The number of carbonyl (C=O) groups is 1. The number of hydrogen-bond acceptors (Lipinski definition) is 4. The molecule has 1 heterocycles. The Bertz CT molecular complexity index is 659. The lowest BCUT2D eigenvalue weighted by molar-refractivity contribution is -0.137. The minimum absolute atomic E-state index is 0.0173. The molecule has 1 fully saturated rings. The van der Waals surface area contributed by atoms with Crippen molar-refractivity contribution >= 4 is 15.7 Å². The number of nitrogens with zero attached hydrogens (tertiary/aromatic N) is 2. The van der Waals surface area contributed by atoms with E-state index in [9.17, 15) is 13.2 Å². The van der Waals surface area contributed by atoms with E-state index in [1.54, 1.807) is 4.90 Å². The Morgan fingerprint density at radius 1 is 1.33 bits per heavy atom. The lowest BCUT2D eigenvalue weighted by Gasteiger charge is -2.30. The third-order valence-electron chi connectivity index (χ3n) is 3.77. The number of benzene rings is 1. The number of amides is 1. The summed E-state index contributed by atoms with van der Waals surface area (Å²) < 4.78 is 24.5. The van der Waals surface area contributed by atoms with Crippen molar-refractivity contribution in [2.45, 2.75) is 24.7 Å². The predicted octanol–water partition coefficient (Wildman–Crippen LogP) is 1.59. The summed E-state index contributed by atoms with van der Waals surface area (Å²) in [5.41, 5.74) is 0.425. The van der Waals surface area contributed by atoms with E-state index in [0.29, 0.717) is 12.1 Å². The molecule has 1 aliphatic rings. The summed E-state index contributed by atoms with van der Waals surface area (Å²) in [4.78, 5) is 13.8. The Morgan fingerprint density at radius 2 is 2.00 bits per heavy atom. The highest BCUT2D eigenvalue weighted by molar-refractivity contribution is 7.91. The van der Waals surface area contributed by atoms with Crippen molar-refractivity contribution in [1.29, 1.82) is 5.26 Å². The number of hydrogen-bond donors (Lipinski definition) is 0. The van der Waals surface area contributed by atoms with E-state index in [2.05, 4.69) is 0 Å². The first-order chi connectivity index (χ1) is 9.94. The number of sulfone groups is 1. The summed E-state index contributed by atoms with van der Waals surface area (Å²) in [6.45, 7) is 2.74. The maximum Gasteiger partial charge on any atom is 0.225 e. The molecule has 1 atom stereocenters. The summed E-state index contributed by atoms with van der Waals surface area (Å²) >= 11 is 0. The zero-order chi connectivity index (χ0) is 15.5. The van der Waals surface area contributed by atoms with Crippen molar-refractivity contribution in [2.24, 2.45) is 5.92 Å². The number of likely N-dealkylation sites (tertiary alicyclic amines) is 1. The first kappa shape index (κ1) is 15.5. The number of rotatable bonds is 4. The number of nitriles is 1. The molecule has 0 saturated carbocycles. The van der Waals surface area contributed by atoms with Crippen LogP contribution < -0.4 is 0 Å². The number of piperidine rings is 1. The Hall–Kier alpha value is -1.87. The van der Waals surface area contributed by atoms with Gasteiger partial charge in [-0.25, -0.2) is 8.42 Å². The minimum atomic E-state index is -3.43. The second-order valence-corrected chi connectivity index (χ2v) is 7.43. The molecule has 1 aliphatic heterocycles. The lowest BCUT2D eigenvalue weighted by Crippen LogP contribution is -2.42. The topological polar surface area (TPSA) is 78.2 Å². The zero-order valence-corrected chi connectivity index (χ0v) is 12.8. The molecule has 0 radical (unpaired) electrons. The van der Waals surface area contributed by atoms with Gasteiger partial charge in [0.15, 0.2) is 9.84 Å². The molecule has 1 unspecified atom stereocenters. The maximum atomic E-state index is 12.2. The van der Waals surface area contributed by atoms with Crippen LogP contribution in [0, 0.1) is 17.2 Å². The molecule has 1 aromatic carbocycles. The van der Waals surface area contributed by atoms with E-state index in [0.717, 1.165) is 12.8 Å². The number of carbonyl (C=O) groups excluding carboxylic acids is 1. The molecule has 112 valence electrons. The van der Waals surface area contributed by atoms with Gasteiger partial charge < -0.3 is 4.90 Å². The highest BCUT2D eigenvalue weighted by atomic mass is 32.2. The maximum absolute atomic E-state index is 12.2. The van der Waals surface area contributed by atoms with Crippen LogP contribution in [0.25, 0.3) is 0 Å². The van der Waals surface area contributed by atoms with E-state index in [-0.39, 0.29) is 29.0 Å². The van der Waals surface area contributed by atoms with Crippen molar-refractivity contribution in [3.63, 3.8) is 0 Å². The van der Waals surface area contributed by atoms with Crippen LogP contribution >= 0.6 is 0 Å². The van der Waals surface area contributed by atoms with Crippen LogP contribution in [0.1, 0.15) is 25.3 Å². The summed E-state index contributed by atoms with van der Waals surface area (Å²) in [5, 5.41) is 8.72. The van der Waals surface area contributed by atoms with Gasteiger partial charge in [-0.05, 0) is 37.1 Å². The van der Waals surface area contributed by atoms with Gasteiger partial charge in [-0.2, -0.15) is 5.26 Å². The second kappa shape index (κ2) is 6.27. The molecule has 1 aromatic rings. The minimum Gasteiger partial charge on any atom is -0.341 e. The summed E-state index contributed by atoms with van der Waals surface area (Å²) in [6.07, 6.45) is 1.79. The molecule has 0 bridgehead atoms. The highest BCUT2D eigenvalue weighted by Crippen LogP contribution is 2.18. The average molecular weight is 306 g/mol. The predicted molar refractivity (Wildman–Crippen MR) is 78.2 cm³/mol.